The molecule has 0 bridgehead atoms. The van der Waals surface area contributed by atoms with Crippen molar-refractivity contribution in [3.05, 3.63) is 24.3 Å². The summed E-state index contributed by atoms with van der Waals surface area (Å²) in [6.07, 6.45) is 6.00. The number of nitrogens with two attached hydrogens (primary N) is 1. The first kappa shape index (κ1) is 24.8. The van der Waals surface area contributed by atoms with Gasteiger partial charge in [0.2, 0.25) is 5.91 Å². The molecule has 1 aliphatic heterocycles. The van der Waals surface area contributed by atoms with Gasteiger partial charge in [0, 0.05) is 37.8 Å². The molecule has 26 heavy (non-hydrogen) atoms. The summed E-state index contributed by atoms with van der Waals surface area (Å²) in [5, 5.41) is 3.10. The number of carbonyl (C=O) groups is 1. The van der Waals surface area contributed by atoms with Crippen LogP contribution in [0, 0.1) is 5.92 Å². The Balaban J connectivity index is 0.00000312. The van der Waals surface area contributed by atoms with Crippen LogP contribution in [0.4, 0.5) is 5.69 Å². The molecule has 1 atom stereocenters. The van der Waals surface area contributed by atoms with Gasteiger partial charge in [0.25, 0.3) is 0 Å². The maximum Gasteiger partial charge on any atom is 0.220 e. The molecule has 1 heterocycles. The van der Waals surface area contributed by atoms with Gasteiger partial charge in [-0.25, -0.2) is 0 Å². The molecular weight excluding hydrogens is 373 g/mol. The van der Waals surface area contributed by atoms with Gasteiger partial charge >= 0.3 is 0 Å². The number of methoxy groups -OCH3 is 1. The van der Waals surface area contributed by atoms with E-state index in [2.05, 4.69) is 22.3 Å². The van der Waals surface area contributed by atoms with Crippen LogP contribution < -0.4 is 20.7 Å². The van der Waals surface area contributed by atoms with E-state index in [4.69, 9.17) is 10.5 Å². The fourth-order valence-corrected chi connectivity index (χ4v) is 3.17. The number of hydrogen-bond acceptors (Lipinski definition) is 4. The van der Waals surface area contributed by atoms with Gasteiger partial charge in [-0.2, -0.15) is 0 Å². The van der Waals surface area contributed by atoms with E-state index in [1.54, 1.807) is 7.11 Å². The van der Waals surface area contributed by atoms with Gasteiger partial charge in [0.15, 0.2) is 0 Å². The summed E-state index contributed by atoms with van der Waals surface area (Å²) in [6, 6.07) is 8.17. The Labute approximate surface area is 169 Å². The molecule has 1 amide bonds. The highest BCUT2D eigenvalue weighted by atomic mass is 35.5. The topological polar surface area (TPSA) is 67.6 Å². The molecule has 0 aliphatic carbocycles. The molecule has 1 unspecified atom stereocenters. The van der Waals surface area contributed by atoms with Crippen LogP contribution in [0.15, 0.2) is 24.3 Å². The van der Waals surface area contributed by atoms with Crippen LogP contribution in [-0.2, 0) is 4.79 Å². The molecule has 0 radical (unpaired) electrons. The molecule has 3 N–H and O–H groups in total. The number of anilines is 1. The second-order valence-electron chi connectivity index (χ2n) is 6.56. The average molecular weight is 406 g/mol. The number of nitrogens with zero attached hydrogens (tertiary/aromatic N) is 1. The Morgan fingerprint density at radius 3 is 2.77 bits per heavy atom. The van der Waals surface area contributed by atoms with Crippen LogP contribution in [0.5, 0.6) is 5.75 Å². The van der Waals surface area contributed by atoms with Crippen LogP contribution in [-0.4, -0.2) is 39.2 Å². The second kappa shape index (κ2) is 14.0. The van der Waals surface area contributed by atoms with Crippen molar-refractivity contribution in [2.24, 2.45) is 11.7 Å². The van der Waals surface area contributed by atoms with Crippen molar-refractivity contribution in [2.45, 2.75) is 38.5 Å². The molecule has 0 saturated carbocycles. The lowest BCUT2D eigenvalue weighted by atomic mass is 10.1. The minimum absolute atomic E-state index is 0. The summed E-state index contributed by atoms with van der Waals surface area (Å²) < 4.78 is 5.29. The Morgan fingerprint density at radius 1 is 1.27 bits per heavy atom. The van der Waals surface area contributed by atoms with E-state index in [9.17, 15) is 4.79 Å². The van der Waals surface area contributed by atoms with Crippen molar-refractivity contribution in [1.29, 1.82) is 0 Å². The number of nitrogens with one attached hydrogen (secondary N) is 1. The summed E-state index contributed by atoms with van der Waals surface area (Å²) in [5.41, 5.74) is 6.66. The van der Waals surface area contributed by atoms with Gasteiger partial charge in [-0.05, 0) is 43.9 Å². The number of unbranched alkanes of at least 4 members (excludes halogenated alkanes) is 3. The van der Waals surface area contributed by atoms with Gasteiger partial charge in [-0.3, -0.25) is 4.79 Å². The van der Waals surface area contributed by atoms with E-state index in [-0.39, 0.29) is 30.7 Å². The molecular formula is C19H33Cl2N3O2. The number of halogens is 2. The Hall–Kier alpha value is -1.17. The number of carbonyl (C=O) groups excluding carboxylic acids is 1. The fourth-order valence-electron chi connectivity index (χ4n) is 3.17. The van der Waals surface area contributed by atoms with Crippen LogP contribution in [0.2, 0.25) is 0 Å². The fraction of sp³-hybridized carbons (Fsp3) is 0.632. The predicted molar refractivity (Wildman–Crippen MR) is 113 cm³/mol. The van der Waals surface area contributed by atoms with E-state index < -0.39 is 0 Å². The first-order valence-corrected chi connectivity index (χ1v) is 9.08. The molecule has 150 valence electrons. The monoisotopic (exact) mass is 405 g/mol. The molecule has 1 aliphatic rings. The zero-order chi connectivity index (χ0) is 17.2. The van der Waals surface area contributed by atoms with Crippen LogP contribution in [0.1, 0.15) is 38.5 Å². The normalized spacial score (nSPS) is 15.8. The minimum atomic E-state index is 0. The predicted octanol–water partition coefficient (Wildman–Crippen LogP) is 3.39. The molecule has 0 aromatic heterocycles. The average Bonchev–Trinajstić information content (AvgIpc) is 3.09. The number of hydrogen-bond donors (Lipinski definition) is 2. The minimum Gasteiger partial charge on any atom is -0.497 e. The maximum atomic E-state index is 11.9. The van der Waals surface area contributed by atoms with Gasteiger partial charge in [0.1, 0.15) is 5.75 Å². The third-order valence-corrected chi connectivity index (χ3v) is 4.65. The van der Waals surface area contributed by atoms with Crippen molar-refractivity contribution in [3.63, 3.8) is 0 Å². The first-order valence-electron chi connectivity index (χ1n) is 9.08. The highest BCUT2D eigenvalue weighted by molar-refractivity contribution is 5.85. The quantitative estimate of drug-likeness (QED) is 0.585. The van der Waals surface area contributed by atoms with Crippen molar-refractivity contribution >= 4 is 36.4 Å². The molecule has 0 spiro atoms. The second-order valence-corrected chi connectivity index (χ2v) is 6.56. The third kappa shape index (κ3) is 8.47. The molecule has 7 heteroatoms. The maximum absolute atomic E-state index is 11.9. The van der Waals surface area contributed by atoms with Gasteiger partial charge < -0.3 is 20.7 Å². The van der Waals surface area contributed by atoms with Gasteiger partial charge in [0.05, 0.1) is 7.11 Å². The zero-order valence-electron chi connectivity index (χ0n) is 15.6. The number of benzene rings is 1. The Kier molecular flexibility index (Phi) is 13.3. The molecule has 2 rings (SSSR count). The van der Waals surface area contributed by atoms with E-state index in [1.807, 2.05) is 12.1 Å². The SMILES string of the molecule is COc1cccc(N2CCC(CNC(=O)CCCCCCN)C2)c1.Cl.Cl. The van der Waals surface area contributed by atoms with Crippen LogP contribution in [0.25, 0.3) is 0 Å². The lowest BCUT2D eigenvalue weighted by Gasteiger charge is -2.19. The molecule has 1 aromatic rings. The largest absolute Gasteiger partial charge is 0.497 e. The van der Waals surface area contributed by atoms with E-state index in [0.717, 1.165) is 64.0 Å². The number of rotatable bonds is 10. The summed E-state index contributed by atoms with van der Waals surface area (Å²) in [4.78, 5) is 14.3. The zero-order valence-corrected chi connectivity index (χ0v) is 17.2. The van der Waals surface area contributed by atoms with E-state index >= 15 is 0 Å². The smallest absolute Gasteiger partial charge is 0.220 e. The molecule has 5 nitrogen and oxygen atoms in total. The van der Waals surface area contributed by atoms with Crippen molar-refractivity contribution < 1.29 is 9.53 Å². The number of ether oxygens (including phenoxy) is 1. The highest BCUT2D eigenvalue weighted by Crippen LogP contribution is 2.26. The Morgan fingerprint density at radius 2 is 2.04 bits per heavy atom. The van der Waals surface area contributed by atoms with E-state index in [0.29, 0.717) is 12.3 Å². The van der Waals surface area contributed by atoms with Gasteiger partial charge in [-0.15, -0.1) is 24.8 Å². The molecule has 1 aromatic carbocycles. The molecule has 1 saturated heterocycles. The third-order valence-electron chi connectivity index (χ3n) is 4.65. The number of amides is 1. The molecule has 1 fully saturated rings. The standard InChI is InChI=1S/C19H31N3O2.2ClH/c1-24-18-8-6-7-17(13-18)22-12-10-16(15-22)14-21-19(23)9-4-2-3-5-11-20;;/h6-8,13,16H,2-5,9-12,14-15,20H2,1H3,(H,21,23);2*1H. The summed E-state index contributed by atoms with van der Waals surface area (Å²) in [5.74, 6) is 1.60. The lowest BCUT2D eigenvalue weighted by Crippen LogP contribution is -2.30. The van der Waals surface area contributed by atoms with Gasteiger partial charge in [-0.1, -0.05) is 18.9 Å². The van der Waals surface area contributed by atoms with Crippen molar-refractivity contribution in [3.8, 4) is 5.75 Å². The van der Waals surface area contributed by atoms with Crippen molar-refractivity contribution in [1.82, 2.24) is 5.32 Å². The lowest BCUT2D eigenvalue weighted by molar-refractivity contribution is -0.121. The summed E-state index contributed by atoms with van der Waals surface area (Å²) >= 11 is 0. The van der Waals surface area contributed by atoms with E-state index in [1.165, 1.54) is 5.69 Å². The van der Waals surface area contributed by atoms with Crippen LogP contribution in [0.3, 0.4) is 0 Å². The van der Waals surface area contributed by atoms with Crippen LogP contribution >= 0.6 is 24.8 Å². The summed E-state index contributed by atoms with van der Waals surface area (Å²) in [7, 11) is 1.69. The summed E-state index contributed by atoms with van der Waals surface area (Å²) in [6.45, 7) is 3.55. The highest BCUT2D eigenvalue weighted by Gasteiger charge is 2.23. The Bertz CT molecular complexity index is 517. The first-order chi connectivity index (χ1) is 11.7. The van der Waals surface area contributed by atoms with Crippen molar-refractivity contribution in [2.75, 3.05) is 38.2 Å².